The quantitative estimate of drug-likeness (QED) is 0.511. The first-order valence-corrected chi connectivity index (χ1v) is 7.49. The molecule has 0 atom stereocenters. The Kier molecular flexibility index (Phi) is 4.46. The molecule has 1 aromatic carbocycles. The van der Waals surface area contributed by atoms with Crippen LogP contribution in [0.2, 0.25) is 0 Å². The zero-order valence-corrected chi connectivity index (χ0v) is 14.4. The molecule has 128 valence electrons. The number of hydrogen-bond donors (Lipinski definition) is 1. The predicted molar refractivity (Wildman–Crippen MR) is 91.9 cm³/mol. The van der Waals surface area contributed by atoms with Crippen molar-refractivity contribution in [3.05, 3.63) is 40.7 Å². The summed E-state index contributed by atoms with van der Waals surface area (Å²) >= 11 is 0. The SMILES string of the molecule is COC(=O)C(C)(C)C(C)(C)Nc1ccc([N+](=O)[O-])c2cnccc12. The van der Waals surface area contributed by atoms with Crippen LogP contribution in [-0.2, 0) is 9.53 Å². The van der Waals surface area contributed by atoms with E-state index in [1.807, 2.05) is 13.8 Å². The van der Waals surface area contributed by atoms with Gasteiger partial charge >= 0.3 is 5.97 Å². The zero-order chi connectivity index (χ0) is 18.1. The molecule has 0 unspecified atom stereocenters. The van der Waals surface area contributed by atoms with Crippen molar-refractivity contribution < 1.29 is 14.5 Å². The van der Waals surface area contributed by atoms with Crippen LogP contribution in [-0.4, -0.2) is 28.5 Å². The molecule has 0 saturated carbocycles. The molecular weight excluding hydrogens is 310 g/mol. The number of rotatable bonds is 5. The van der Waals surface area contributed by atoms with E-state index >= 15 is 0 Å². The van der Waals surface area contributed by atoms with Gasteiger partial charge in [0, 0.05) is 35.1 Å². The Balaban J connectivity index is 2.53. The maximum atomic E-state index is 12.1. The van der Waals surface area contributed by atoms with Gasteiger partial charge in [0.25, 0.3) is 5.69 Å². The third kappa shape index (κ3) is 2.89. The summed E-state index contributed by atoms with van der Waals surface area (Å²) in [6.07, 6.45) is 3.05. The smallest absolute Gasteiger partial charge is 0.313 e. The van der Waals surface area contributed by atoms with E-state index in [9.17, 15) is 14.9 Å². The Morgan fingerprint density at radius 2 is 1.88 bits per heavy atom. The molecule has 0 radical (unpaired) electrons. The van der Waals surface area contributed by atoms with Crippen molar-refractivity contribution in [3.63, 3.8) is 0 Å². The van der Waals surface area contributed by atoms with Crippen molar-refractivity contribution in [2.75, 3.05) is 12.4 Å². The van der Waals surface area contributed by atoms with Crippen molar-refractivity contribution in [3.8, 4) is 0 Å². The number of esters is 1. The van der Waals surface area contributed by atoms with E-state index in [-0.39, 0.29) is 11.7 Å². The van der Waals surface area contributed by atoms with Crippen molar-refractivity contribution in [1.29, 1.82) is 0 Å². The molecule has 0 aliphatic rings. The van der Waals surface area contributed by atoms with Gasteiger partial charge in [0.1, 0.15) is 0 Å². The number of benzene rings is 1. The van der Waals surface area contributed by atoms with Gasteiger partial charge in [-0.3, -0.25) is 19.9 Å². The minimum Gasteiger partial charge on any atom is -0.469 e. The van der Waals surface area contributed by atoms with Crippen LogP contribution < -0.4 is 5.32 Å². The number of nitro groups is 1. The van der Waals surface area contributed by atoms with Crippen molar-refractivity contribution >= 4 is 28.1 Å². The van der Waals surface area contributed by atoms with Crippen molar-refractivity contribution in [1.82, 2.24) is 4.98 Å². The monoisotopic (exact) mass is 331 g/mol. The van der Waals surface area contributed by atoms with Crippen molar-refractivity contribution in [2.45, 2.75) is 33.2 Å². The topological polar surface area (TPSA) is 94.4 Å². The van der Waals surface area contributed by atoms with Crippen LogP contribution >= 0.6 is 0 Å². The molecule has 0 amide bonds. The highest BCUT2D eigenvalue weighted by Gasteiger charge is 2.44. The first kappa shape index (κ1) is 17.7. The second-order valence-electron chi connectivity index (χ2n) is 6.68. The average molecular weight is 331 g/mol. The number of nitrogens with one attached hydrogen (secondary N) is 1. The molecule has 24 heavy (non-hydrogen) atoms. The fraction of sp³-hybridized carbons (Fsp3) is 0.412. The van der Waals surface area contributed by atoms with Gasteiger partial charge in [-0.1, -0.05) is 0 Å². The fourth-order valence-corrected chi connectivity index (χ4v) is 2.45. The molecule has 2 rings (SSSR count). The Morgan fingerprint density at radius 3 is 2.46 bits per heavy atom. The molecule has 1 heterocycles. The normalized spacial score (nSPS) is 12.0. The molecular formula is C17H21N3O4. The lowest BCUT2D eigenvalue weighted by molar-refractivity contribution is -0.383. The number of carbonyl (C=O) groups excluding carboxylic acids is 1. The standard InChI is InChI=1S/C17H21N3O4/c1-16(2,15(21)24-5)17(3,4)19-13-6-7-14(20(22)23)12-10-18-9-8-11(12)13/h6-10,19H,1-5H3. The van der Waals surface area contributed by atoms with Crippen LogP contribution in [0, 0.1) is 15.5 Å². The van der Waals surface area contributed by atoms with Gasteiger partial charge in [-0.05, 0) is 39.8 Å². The second-order valence-corrected chi connectivity index (χ2v) is 6.68. The summed E-state index contributed by atoms with van der Waals surface area (Å²) in [5, 5.41) is 15.6. The summed E-state index contributed by atoms with van der Waals surface area (Å²) < 4.78 is 4.90. The highest BCUT2D eigenvalue weighted by atomic mass is 16.6. The summed E-state index contributed by atoms with van der Waals surface area (Å²) in [5.74, 6) is -0.340. The number of fused-ring (bicyclic) bond motifs is 1. The summed E-state index contributed by atoms with van der Waals surface area (Å²) in [5.41, 5.74) is -0.788. The number of ether oxygens (including phenoxy) is 1. The van der Waals surface area contributed by atoms with Gasteiger partial charge in [0.05, 0.1) is 22.8 Å². The van der Waals surface area contributed by atoms with Gasteiger partial charge in [-0.15, -0.1) is 0 Å². The lowest BCUT2D eigenvalue weighted by Crippen LogP contribution is -2.51. The average Bonchev–Trinajstić information content (AvgIpc) is 2.53. The minimum atomic E-state index is -0.817. The molecule has 0 aliphatic heterocycles. The molecule has 1 N–H and O–H groups in total. The van der Waals surface area contributed by atoms with Crippen LogP contribution in [0.3, 0.4) is 0 Å². The number of non-ortho nitro benzene ring substituents is 1. The number of methoxy groups -OCH3 is 1. The molecule has 0 bridgehead atoms. The largest absolute Gasteiger partial charge is 0.469 e. The van der Waals surface area contributed by atoms with E-state index in [4.69, 9.17) is 4.74 Å². The number of nitrogens with zero attached hydrogens (tertiary/aromatic N) is 2. The van der Waals surface area contributed by atoms with Crippen LogP contribution in [0.25, 0.3) is 10.8 Å². The molecule has 2 aromatic rings. The van der Waals surface area contributed by atoms with E-state index in [1.54, 1.807) is 32.2 Å². The van der Waals surface area contributed by atoms with Gasteiger partial charge in [-0.25, -0.2) is 0 Å². The highest BCUT2D eigenvalue weighted by Crippen LogP contribution is 2.38. The fourth-order valence-electron chi connectivity index (χ4n) is 2.45. The number of anilines is 1. The zero-order valence-electron chi connectivity index (χ0n) is 14.4. The summed E-state index contributed by atoms with van der Waals surface area (Å²) in [4.78, 5) is 26.9. The molecule has 1 aromatic heterocycles. The van der Waals surface area contributed by atoms with E-state index in [0.29, 0.717) is 16.5 Å². The van der Waals surface area contributed by atoms with E-state index in [0.717, 1.165) is 0 Å². The molecule has 0 spiro atoms. The Hall–Kier alpha value is -2.70. The van der Waals surface area contributed by atoms with E-state index in [2.05, 4.69) is 10.3 Å². The summed E-state index contributed by atoms with van der Waals surface area (Å²) in [6.45, 7) is 7.36. The van der Waals surface area contributed by atoms with Crippen LogP contribution in [0.15, 0.2) is 30.6 Å². The number of carbonyl (C=O) groups is 1. The lowest BCUT2D eigenvalue weighted by atomic mass is 9.74. The highest BCUT2D eigenvalue weighted by molar-refractivity contribution is 5.99. The summed E-state index contributed by atoms with van der Waals surface area (Å²) in [6, 6.07) is 4.80. The van der Waals surface area contributed by atoms with Crippen LogP contribution in [0.4, 0.5) is 11.4 Å². The third-order valence-electron chi connectivity index (χ3n) is 4.70. The number of pyridine rings is 1. The van der Waals surface area contributed by atoms with Crippen LogP contribution in [0.5, 0.6) is 0 Å². The van der Waals surface area contributed by atoms with E-state index in [1.165, 1.54) is 19.4 Å². The lowest BCUT2D eigenvalue weighted by Gasteiger charge is -2.40. The number of aromatic nitrogens is 1. The van der Waals surface area contributed by atoms with E-state index < -0.39 is 15.9 Å². The van der Waals surface area contributed by atoms with Gasteiger partial charge in [0.15, 0.2) is 0 Å². The Morgan fingerprint density at radius 1 is 1.21 bits per heavy atom. The summed E-state index contributed by atoms with van der Waals surface area (Å²) in [7, 11) is 1.35. The first-order valence-electron chi connectivity index (χ1n) is 7.49. The molecule has 7 nitrogen and oxygen atoms in total. The molecule has 0 saturated heterocycles. The maximum Gasteiger partial charge on any atom is 0.313 e. The van der Waals surface area contributed by atoms with Gasteiger partial charge in [0.2, 0.25) is 0 Å². The van der Waals surface area contributed by atoms with Gasteiger partial charge in [-0.2, -0.15) is 0 Å². The Labute approximate surface area is 140 Å². The van der Waals surface area contributed by atoms with Gasteiger partial charge < -0.3 is 10.1 Å². The van der Waals surface area contributed by atoms with Crippen molar-refractivity contribution in [2.24, 2.45) is 5.41 Å². The number of hydrogen-bond acceptors (Lipinski definition) is 6. The third-order valence-corrected chi connectivity index (χ3v) is 4.70. The maximum absolute atomic E-state index is 12.1. The predicted octanol–water partition coefficient (Wildman–Crippen LogP) is 3.53. The molecule has 0 fully saturated rings. The molecule has 7 heteroatoms. The van der Waals surface area contributed by atoms with Crippen LogP contribution in [0.1, 0.15) is 27.7 Å². The Bertz CT molecular complexity index is 800. The molecule has 0 aliphatic carbocycles. The second kappa shape index (κ2) is 6.07. The first-order chi connectivity index (χ1) is 11.1. The number of nitro benzene ring substituents is 1. The minimum absolute atomic E-state index is 0.00585.